The van der Waals surface area contributed by atoms with Crippen molar-refractivity contribution in [3.8, 4) is 0 Å². The van der Waals surface area contributed by atoms with E-state index in [0.29, 0.717) is 6.54 Å². The van der Waals surface area contributed by atoms with Crippen molar-refractivity contribution in [2.45, 2.75) is 18.2 Å². The van der Waals surface area contributed by atoms with Crippen molar-refractivity contribution in [3.63, 3.8) is 0 Å². The van der Waals surface area contributed by atoms with Crippen molar-refractivity contribution in [1.82, 2.24) is 9.21 Å². The van der Waals surface area contributed by atoms with Crippen LogP contribution in [0.1, 0.15) is 12.0 Å². The second-order valence-corrected chi connectivity index (χ2v) is 7.17. The van der Waals surface area contributed by atoms with Gasteiger partial charge in [-0.15, -0.1) is 0 Å². The minimum absolute atomic E-state index is 0.0289. The summed E-state index contributed by atoms with van der Waals surface area (Å²) in [5, 5.41) is 0. The zero-order valence-electron chi connectivity index (χ0n) is 12.4. The standard InChI is InChI=1S/C13H22FN3O2S/c1-10-8-11(9-12(15)13(10)14)20(18,19)17(4)7-5-6-16(2)3/h8-9H,5-7,15H2,1-4H3. The first kappa shape index (κ1) is 16.9. The smallest absolute Gasteiger partial charge is 0.242 e. The summed E-state index contributed by atoms with van der Waals surface area (Å²) in [6, 6.07) is 2.48. The van der Waals surface area contributed by atoms with Crippen LogP contribution >= 0.6 is 0 Å². The quantitative estimate of drug-likeness (QED) is 0.804. The molecule has 5 nitrogen and oxygen atoms in total. The molecular weight excluding hydrogens is 281 g/mol. The number of nitrogens with zero attached hydrogens (tertiary/aromatic N) is 2. The van der Waals surface area contributed by atoms with Crippen molar-refractivity contribution in [2.75, 3.05) is 40.0 Å². The van der Waals surface area contributed by atoms with Gasteiger partial charge >= 0.3 is 0 Å². The van der Waals surface area contributed by atoms with Crippen LogP contribution in [-0.4, -0.2) is 51.9 Å². The first-order valence-electron chi connectivity index (χ1n) is 6.33. The van der Waals surface area contributed by atoms with Gasteiger partial charge < -0.3 is 10.6 Å². The molecule has 0 radical (unpaired) electrons. The summed E-state index contributed by atoms with van der Waals surface area (Å²) in [6.07, 6.45) is 0.721. The van der Waals surface area contributed by atoms with Gasteiger partial charge in [-0.05, 0) is 51.7 Å². The Hall–Kier alpha value is -1.18. The maximum absolute atomic E-state index is 13.5. The lowest BCUT2D eigenvalue weighted by molar-refractivity contribution is 0.370. The summed E-state index contributed by atoms with van der Waals surface area (Å²) in [4.78, 5) is 2.02. The zero-order valence-corrected chi connectivity index (χ0v) is 13.2. The number of anilines is 1. The van der Waals surface area contributed by atoms with E-state index < -0.39 is 15.8 Å². The fourth-order valence-corrected chi connectivity index (χ4v) is 3.15. The number of halogens is 1. The number of hydrogen-bond donors (Lipinski definition) is 1. The Morgan fingerprint density at radius 1 is 1.20 bits per heavy atom. The van der Waals surface area contributed by atoms with Gasteiger partial charge in [0.25, 0.3) is 0 Å². The Morgan fingerprint density at radius 3 is 2.30 bits per heavy atom. The van der Waals surface area contributed by atoms with Gasteiger partial charge in [0, 0.05) is 13.6 Å². The molecule has 0 aliphatic rings. The number of nitrogen functional groups attached to an aromatic ring is 1. The lowest BCUT2D eigenvalue weighted by Gasteiger charge is -2.19. The van der Waals surface area contributed by atoms with E-state index in [1.807, 2.05) is 19.0 Å². The number of sulfonamides is 1. The van der Waals surface area contributed by atoms with Crippen molar-refractivity contribution in [3.05, 3.63) is 23.5 Å². The van der Waals surface area contributed by atoms with Gasteiger partial charge in [0.05, 0.1) is 10.6 Å². The molecule has 0 fully saturated rings. The van der Waals surface area contributed by atoms with E-state index in [-0.39, 0.29) is 16.1 Å². The Balaban J connectivity index is 2.93. The molecule has 0 aliphatic carbocycles. The minimum atomic E-state index is -3.63. The van der Waals surface area contributed by atoms with Gasteiger partial charge in [0.15, 0.2) is 0 Å². The average molecular weight is 303 g/mol. The Morgan fingerprint density at radius 2 is 1.80 bits per heavy atom. The molecule has 0 aromatic heterocycles. The summed E-state index contributed by atoms with van der Waals surface area (Å²) in [5.41, 5.74) is 5.57. The number of benzene rings is 1. The second-order valence-electron chi connectivity index (χ2n) is 5.13. The Labute approximate surface area is 120 Å². The molecule has 0 aliphatic heterocycles. The summed E-state index contributed by atoms with van der Waals surface area (Å²) < 4.78 is 39.4. The predicted molar refractivity (Wildman–Crippen MR) is 78.5 cm³/mol. The molecule has 1 aromatic carbocycles. The summed E-state index contributed by atoms with van der Waals surface area (Å²) in [6.45, 7) is 2.69. The van der Waals surface area contributed by atoms with Crippen LogP contribution in [0.15, 0.2) is 17.0 Å². The molecule has 0 saturated carbocycles. The number of nitrogens with two attached hydrogens (primary N) is 1. The highest BCUT2D eigenvalue weighted by molar-refractivity contribution is 7.89. The molecule has 2 N–H and O–H groups in total. The molecule has 0 heterocycles. The Kier molecular flexibility index (Phi) is 5.50. The third-order valence-electron chi connectivity index (χ3n) is 3.04. The highest BCUT2D eigenvalue weighted by Crippen LogP contribution is 2.23. The molecule has 0 amide bonds. The summed E-state index contributed by atoms with van der Waals surface area (Å²) >= 11 is 0. The molecule has 1 aromatic rings. The van der Waals surface area contributed by atoms with Crippen LogP contribution in [0.25, 0.3) is 0 Å². The third kappa shape index (κ3) is 3.91. The molecule has 7 heteroatoms. The lowest BCUT2D eigenvalue weighted by atomic mass is 10.2. The van der Waals surface area contributed by atoms with Gasteiger partial charge in [-0.3, -0.25) is 0 Å². The van der Waals surface area contributed by atoms with Crippen molar-refractivity contribution in [2.24, 2.45) is 0 Å². The highest BCUT2D eigenvalue weighted by Gasteiger charge is 2.22. The molecule has 0 bridgehead atoms. The van der Waals surface area contributed by atoms with Crippen LogP contribution in [0.4, 0.5) is 10.1 Å². The lowest BCUT2D eigenvalue weighted by Crippen LogP contribution is -2.30. The average Bonchev–Trinajstić information content (AvgIpc) is 2.34. The molecule has 0 unspecified atom stereocenters. The van der Waals surface area contributed by atoms with E-state index in [1.54, 1.807) is 0 Å². The SMILES string of the molecule is Cc1cc(S(=O)(=O)N(C)CCCN(C)C)cc(N)c1F. The monoisotopic (exact) mass is 303 g/mol. The number of aryl methyl sites for hydroxylation is 1. The van der Waals surface area contributed by atoms with Crippen LogP contribution in [-0.2, 0) is 10.0 Å². The summed E-state index contributed by atoms with van der Waals surface area (Å²) in [5.74, 6) is -0.570. The Bertz CT molecular complexity index is 550. The number of rotatable bonds is 6. The van der Waals surface area contributed by atoms with Crippen LogP contribution in [0.3, 0.4) is 0 Å². The van der Waals surface area contributed by atoms with Gasteiger partial charge in [-0.2, -0.15) is 0 Å². The molecule has 0 saturated heterocycles. The van der Waals surface area contributed by atoms with Crippen LogP contribution < -0.4 is 5.73 Å². The topological polar surface area (TPSA) is 66.6 Å². The van der Waals surface area contributed by atoms with Crippen molar-refractivity contribution >= 4 is 15.7 Å². The van der Waals surface area contributed by atoms with Crippen molar-refractivity contribution in [1.29, 1.82) is 0 Å². The molecule has 20 heavy (non-hydrogen) atoms. The highest BCUT2D eigenvalue weighted by atomic mass is 32.2. The van der Waals surface area contributed by atoms with Crippen LogP contribution in [0.2, 0.25) is 0 Å². The van der Waals surface area contributed by atoms with Gasteiger partial charge in [-0.25, -0.2) is 17.1 Å². The maximum atomic E-state index is 13.5. The zero-order chi connectivity index (χ0) is 15.5. The minimum Gasteiger partial charge on any atom is -0.396 e. The second kappa shape index (κ2) is 6.51. The van der Waals surface area contributed by atoms with E-state index in [4.69, 9.17) is 5.73 Å². The number of hydrogen-bond acceptors (Lipinski definition) is 4. The first-order valence-corrected chi connectivity index (χ1v) is 7.77. The van der Waals surface area contributed by atoms with Gasteiger partial charge in [-0.1, -0.05) is 0 Å². The molecular formula is C13H22FN3O2S. The van der Waals surface area contributed by atoms with Gasteiger partial charge in [0.2, 0.25) is 10.0 Å². The predicted octanol–water partition coefficient (Wildman–Crippen LogP) is 1.29. The van der Waals surface area contributed by atoms with Crippen LogP contribution in [0.5, 0.6) is 0 Å². The maximum Gasteiger partial charge on any atom is 0.242 e. The van der Waals surface area contributed by atoms with E-state index >= 15 is 0 Å². The summed E-state index contributed by atoms with van der Waals surface area (Å²) in [7, 11) is 1.74. The third-order valence-corrected chi connectivity index (χ3v) is 4.88. The first-order chi connectivity index (χ1) is 9.16. The van der Waals surface area contributed by atoms with E-state index in [0.717, 1.165) is 13.0 Å². The molecule has 0 spiro atoms. The van der Waals surface area contributed by atoms with E-state index in [9.17, 15) is 12.8 Å². The molecule has 0 atom stereocenters. The van der Waals surface area contributed by atoms with Gasteiger partial charge in [0.1, 0.15) is 5.82 Å². The normalized spacial score (nSPS) is 12.3. The van der Waals surface area contributed by atoms with E-state index in [1.165, 1.54) is 30.4 Å². The fourth-order valence-electron chi connectivity index (χ4n) is 1.82. The molecule has 1 rings (SSSR count). The largest absolute Gasteiger partial charge is 0.396 e. The fraction of sp³-hybridized carbons (Fsp3) is 0.538. The van der Waals surface area contributed by atoms with Crippen LogP contribution in [0, 0.1) is 12.7 Å². The van der Waals surface area contributed by atoms with E-state index in [2.05, 4.69) is 0 Å². The molecule has 114 valence electrons. The van der Waals surface area contributed by atoms with Crippen molar-refractivity contribution < 1.29 is 12.8 Å².